The number of likely N-dealkylation sites (tertiary alicyclic amines) is 1. The molecule has 2 aliphatic heterocycles. The predicted octanol–water partition coefficient (Wildman–Crippen LogP) is 1.52. The molecule has 2 aromatic rings. The van der Waals surface area contributed by atoms with Gasteiger partial charge in [0, 0.05) is 31.9 Å². The second kappa shape index (κ2) is 6.66. The predicted molar refractivity (Wildman–Crippen MR) is 88.6 cm³/mol. The standard InChI is InChI=1S/C18H20N4O3/c23-17(6-3-13-8-19-12-20-9-13)21-10-14-4-5-15(11-21)22(14)18(24)16-2-1-7-25-16/h1-2,7-9,12,14-15H,3-6,10-11H2. The van der Waals surface area contributed by atoms with Crippen LogP contribution in [0.15, 0.2) is 41.5 Å². The molecular formula is C18H20N4O3. The van der Waals surface area contributed by atoms with Gasteiger partial charge in [0.2, 0.25) is 5.91 Å². The van der Waals surface area contributed by atoms with Gasteiger partial charge in [0.15, 0.2) is 5.76 Å². The number of carbonyl (C=O) groups is 2. The summed E-state index contributed by atoms with van der Waals surface area (Å²) in [6.45, 7) is 1.21. The Kier molecular flexibility index (Phi) is 4.21. The Bertz CT molecular complexity index is 733. The number of rotatable bonds is 4. The zero-order valence-corrected chi connectivity index (χ0v) is 13.9. The highest BCUT2D eigenvalue weighted by Crippen LogP contribution is 2.32. The van der Waals surface area contributed by atoms with E-state index in [0.717, 1.165) is 18.4 Å². The monoisotopic (exact) mass is 340 g/mol. The Morgan fingerprint density at radius 2 is 1.88 bits per heavy atom. The fraction of sp³-hybridized carbons (Fsp3) is 0.444. The number of amides is 2. The van der Waals surface area contributed by atoms with E-state index in [2.05, 4.69) is 9.97 Å². The lowest BCUT2D eigenvalue weighted by molar-refractivity contribution is -0.134. The molecule has 0 radical (unpaired) electrons. The third-order valence-electron chi connectivity index (χ3n) is 5.04. The maximum atomic E-state index is 12.6. The summed E-state index contributed by atoms with van der Waals surface area (Å²) in [5.74, 6) is 0.442. The van der Waals surface area contributed by atoms with Crippen molar-refractivity contribution in [3.05, 3.63) is 48.4 Å². The maximum absolute atomic E-state index is 12.6. The lowest BCUT2D eigenvalue weighted by Crippen LogP contribution is -2.57. The van der Waals surface area contributed by atoms with Crippen LogP contribution in [0.2, 0.25) is 0 Å². The van der Waals surface area contributed by atoms with E-state index >= 15 is 0 Å². The van der Waals surface area contributed by atoms with Crippen molar-refractivity contribution in [1.82, 2.24) is 19.8 Å². The minimum Gasteiger partial charge on any atom is -0.459 e. The molecule has 2 fully saturated rings. The number of furan rings is 1. The first kappa shape index (κ1) is 15.8. The van der Waals surface area contributed by atoms with E-state index in [-0.39, 0.29) is 23.9 Å². The van der Waals surface area contributed by atoms with Gasteiger partial charge in [0.1, 0.15) is 6.33 Å². The summed E-state index contributed by atoms with van der Waals surface area (Å²) < 4.78 is 5.25. The molecule has 130 valence electrons. The minimum absolute atomic E-state index is 0.0639. The third-order valence-corrected chi connectivity index (χ3v) is 5.04. The van der Waals surface area contributed by atoms with Gasteiger partial charge in [0.05, 0.1) is 18.3 Å². The number of piperazine rings is 1. The quantitative estimate of drug-likeness (QED) is 0.843. The molecule has 0 N–H and O–H groups in total. The van der Waals surface area contributed by atoms with Gasteiger partial charge in [-0.1, -0.05) is 0 Å². The van der Waals surface area contributed by atoms with Crippen LogP contribution < -0.4 is 0 Å². The molecule has 0 aliphatic carbocycles. The summed E-state index contributed by atoms with van der Waals surface area (Å²) in [7, 11) is 0. The van der Waals surface area contributed by atoms with Crippen molar-refractivity contribution in [3.63, 3.8) is 0 Å². The van der Waals surface area contributed by atoms with Crippen molar-refractivity contribution in [1.29, 1.82) is 0 Å². The SMILES string of the molecule is O=C(CCc1cncnc1)N1CC2CCC(C1)N2C(=O)c1ccco1. The van der Waals surface area contributed by atoms with Gasteiger partial charge in [-0.25, -0.2) is 9.97 Å². The first-order chi connectivity index (χ1) is 12.2. The Labute approximate surface area is 145 Å². The highest BCUT2D eigenvalue weighted by Gasteiger charge is 2.44. The van der Waals surface area contributed by atoms with E-state index in [4.69, 9.17) is 4.42 Å². The molecular weight excluding hydrogens is 320 g/mol. The van der Waals surface area contributed by atoms with Gasteiger partial charge < -0.3 is 14.2 Å². The fourth-order valence-electron chi connectivity index (χ4n) is 3.83. The molecule has 0 saturated carbocycles. The average Bonchev–Trinajstić information content (AvgIpc) is 3.26. The van der Waals surface area contributed by atoms with E-state index in [9.17, 15) is 9.59 Å². The summed E-state index contributed by atoms with van der Waals surface area (Å²) in [5, 5.41) is 0. The average molecular weight is 340 g/mol. The van der Waals surface area contributed by atoms with Gasteiger partial charge in [-0.2, -0.15) is 0 Å². The molecule has 4 rings (SSSR count). The highest BCUT2D eigenvalue weighted by molar-refractivity contribution is 5.92. The van der Waals surface area contributed by atoms with E-state index in [0.29, 0.717) is 31.7 Å². The normalized spacial score (nSPS) is 22.2. The number of hydrogen-bond donors (Lipinski definition) is 0. The first-order valence-corrected chi connectivity index (χ1v) is 8.60. The molecule has 2 amide bonds. The van der Waals surface area contributed by atoms with Crippen LogP contribution in [0, 0.1) is 0 Å². The second-order valence-corrected chi connectivity index (χ2v) is 6.62. The van der Waals surface area contributed by atoms with Crippen LogP contribution in [0.1, 0.15) is 35.4 Å². The molecule has 4 heterocycles. The zero-order valence-electron chi connectivity index (χ0n) is 13.9. The Morgan fingerprint density at radius 1 is 1.16 bits per heavy atom. The van der Waals surface area contributed by atoms with Crippen LogP contribution in [-0.4, -0.2) is 56.8 Å². The Morgan fingerprint density at radius 3 is 2.52 bits per heavy atom. The topological polar surface area (TPSA) is 79.5 Å². The minimum atomic E-state index is -0.0639. The molecule has 2 aromatic heterocycles. The Balaban J connectivity index is 1.38. The van der Waals surface area contributed by atoms with Gasteiger partial charge in [-0.3, -0.25) is 9.59 Å². The molecule has 7 nitrogen and oxygen atoms in total. The number of aryl methyl sites for hydroxylation is 1. The van der Waals surface area contributed by atoms with Crippen molar-refractivity contribution < 1.29 is 14.0 Å². The molecule has 7 heteroatoms. The lowest BCUT2D eigenvalue weighted by Gasteiger charge is -2.40. The number of hydrogen-bond acceptors (Lipinski definition) is 5. The first-order valence-electron chi connectivity index (χ1n) is 8.60. The largest absolute Gasteiger partial charge is 0.459 e. The fourth-order valence-corrected chi connectivity index (χ4v) is 3.83. The number of nitrogens with zero attached hydrogens (tertiary/aromatic N) is 4. The van der Waals surface area contributed by atoms with Crippen LogP contribution in [0.25, 0.3) is 0 Å². The van der Waals surface area contributed by atoms with Gasteiger partial charge >= 0.3 is 0 Å². The molecule has 2 atom stereocenters. The second-order valence-electron chi connectivity index (χ2n) is 6.62. The van der Waals surface area contributed by atoms with Gasteiger partial charge in [-0.05, 0) is 37.0 Å². The van der Waals surface area contributed by atoms with Crippen LogP contribution in [0.5, 0.6) is 0 Å². The number of carbonyl (C=O) groups excluding carboxylic acids is 2. The maximum Gasteiger partial charge on any atom is 0.290 e. The number of fused-ring (bicyclic) bond motifs is 2. The van der Waals surface area contributed by atoms with E-state index in [1.54, 1.807) is 24.5 Å². The van der Waals surface area contributed by atoms with Crippen molar-refractivity contribution in [2.75, 3.05) is 13.1 Å². The van der Waals surface area contributed by atoms with Crippen LogP contribution in [-0.2, 0) is 11.2 Å². The van der Waals surface area contributed by atoms with Crippen LogP contribution in [0.4, 0.5) is 0 Å². The summed E-state index contributed by atoms with van der Waals surface area (Å²) in [4.78, 5) is 36.9. The molecule has 2 aliphatic rings. The van der Waals surface area contributed by atoms with E-state index in [1.807, 2.05) is 9.80 Å². The summed E-state index contributed by atoms with van der Waals surface area (Å²) in [6.07, 6.45) is 9.44. The third kappa shape index (κ3) is 3.14. The van der Waals surface area contributed by atoms with Crippen LogP contribution >= 0.6 is 0 Å². The van der Waals surface area contributed by atoms with Crippen LogP contribution in [0.3, 0.4) is 0 Å². The molecule has 0 aromatic carbocycles. The Hall–Kier alpha value is -2.70. The summed E-state index contributed by atoms with van der Waals surface area (Å²) >= 11 is 0. The molecule has 25 heavy (non-hydrogen) atoms. The highest BCUT2D eigenvalue weighted by atomic mass is 16.3. The van der Waals surface area contributed by atoms with E-state index in [1.165, 1.54) is 12.6 Å². The van der Waals surface area contributed by atoms with Crippen molar-refractivity contribution in [2.24, 2.45) is 0 Å². The molecule has 2 unspecified atom stereocenters. The lowest BCUT2D eigenvalue weighted by atomic mass is 10.1. The smallest absolute Gasteiger partial charge is 0.290 e. The zero-order chi connectivity index (χ0) is 17.2. The molecule has 2 bridgehead atoms. The van der Waals surface area contributed by atoms with E-state index < -0.39 is 0 Å². The van der Waals surface area contributed by atoms with Crippen molar-refractivity contribution >= 4 is 11.8 Å². The molecule has 0 spiro atoms. The summed E-state index contributed by atoms with van der Waals surface area (Å²) in [5.41, 5.74) is 0.963. The van der Waals surface area contributed by atoms with Gasteiger partial charge in [-0.15, -0.1) is 0 Å². The number of aromatic nitrogens is 2. The van der Waals surface area contributed by atoms with Gasteiger partial charge in [0.25, 0.3) is 5.91 Å². The van der Waals surface area contributed by atoms with Crippen molar-refractivity contribution in [2.45, 2.75) is 37.8 Å². The summed E-state index contributed by atoms with van der Waals surface area (Å²) in [6, 6.07) is 3.59. The molecule has 2 saturated heterocycles. The van der Waals surface area contributed by atoms with Crippen molar-refractivity contribution in [3.8, 4) is 0 Å².